The van der Waals surface area contributed by atoms with Gasteiger partial charge in [0.25, 0.3) is 5.91 Å². The van der Waals surface area contributed by atoms with Gasteiger partial charge >= 0.3 is 0 Å². The largest absolute Gasteiger partial charge is 0.454 e. The number of anilines is 1. The summed E-state index contributed by atoms with van der Waals surface area (Å²) in [5.74, 6) is 0.423. The first-order valence-corrected chi connectivity index (χ1v) is 10.2. The number of benzene rings is 2. The number of hydrogen-bond acceptors (Lipinski definition) is 5. The second kappa shape index (κ2) is 6.63. The summed E-state index contributed by atoms with van der Waals surface area (Å²) in [5, 5.41) is 2.76. The van der Waals surface area contributed by atoms with Gasteiger partial charge in [-0.25, -0.2) is 8.42 Å². The van der Waals surface area contributed by atoms with E-state index in [1.807, 2.05) is 13.8 Å². The maximum Gasteiger partial charge on any atom is 0.259 e. The van der Waals surface area contributed by atoms with Crippen LogP contribution in [0.15, 0.2) is 47.4 Å². The summed E-state index contributed by atoms with van der Waals surface area (Å²) < 4.78 is 39.0. The second-order valence-electron chi connectivity index (χ2n) is 6.79. The van der Waals surface area contributed by atoms with Gasteiger partial charge in [-0.15, -0.1) is 0 Å². The Kier molecular flexibility index (Phi) is 4.41. The minimum Gasteiger partial charge on any atom is -0.454 e. The van der Waals surface area contributed by atoms with Gasteiger partial charge < -0.3 is 14.8 Å². The molecule has 0 spiro atoms. The third kappa shape index (κ3) is 3.31. The lowest BCUT2D eigenvalue weighted by atomic mass is 10.2. The topological polar surface area (TPSA) is 84.9 Å². The van der Waals surface area contributed by atoms with Gasteiger partial charge in [-0.3, -0.25) is 4.79 Å². The predicted molar refractivity (Wildman–Crippen MR) is 99.7 cm³/mol. The van der Waals surface area contributed by atoms with E-state index in [0.29, 0.717) is 17.2 Å². The molecular weight excluding hydrogens is 368 g/mol. The molecule has 1 fully saturated rings. The summed E-state index contributed by atoms with van der Waals surface area (Å²) in [6.45, 7) is 4.23. The van der Waals surface area contributed by atoms with Crippen LogP contribution >= 0.6 is 0 Å². The van der Waals surface area contributed by atoms with Crippen molar-refractivity contribution in [3.63, 3.8) is 0 Å². The molecule has 142 valence electrons. The highest BCUT2D eigenvalue weighted by Gasteiger charge is 2.33. The van der Waals surface area contributed by atoms with E-state index in [1.165, 1.54) is 22.5 Å². The van der Waals surface area contributed by atoms with Gasteiger partial charge in [0.15, 0.2) is 5.75 Å². The molecule has 0 saturated carbocycles. The van der Waals surface area contributed by atoms with Gasteiger partial charge in [0.05, 0.1) is 28.4 Å². The van der Waals surface area contributed by atoms with Crippen molar-refractivity contribution in [3.8, 4) is 11.5 Å². The number of nitrogens with zero attached hydrogens (tertiary/aromatic N) is 1. The van der Waals surface area contributed by atoms with Crippen LogP contribution in [0.4, 0.5) is 5.69 Å². The van der Waals surface area contributed by atoms with Gasteiger partial charge in [0.1, 0.15) is 5.75 Å². The zero-order chi connectivity index (χ0) is 19.2. The van der Waals surface area contributed by atoms with E-state index in [-0.39, 0.29) is 35.8 Å². The number of amides is 1. The Morgan fingerprint density at radius 3 is 2.48 bits per heavy atom. The Hall–Kier alpha value is -2.42. The van der Waals surface area contributed by atoms with Gasteiger partial charge in [-0.1, -0.05) is 12.1 Å². The number of fused-ring (bicyclic) bond motifs is 2. The van der Waals surface area contributed by atoms with Crippen molar-refractivity contribution in [3.05, 3.63) is 48.0 Å². The summed E-state index contributed by atoms with van der Waals surface area (Å²) in [6, 6.07) is 11.4. The van der Waals surface area contributed by atoms with Crippen LogP contribution in [0.5, 0.6) is 11.5 Å². The molecule has 1 amide bonds. The summed E-state index contributed by atoms with van der Waals surface area (Å²) in [7, 11) is -3.75. The molecule has 2 atom stereocenters. The monoisotopic (exact) mass is 388 g/mol. The predicted octanol–water partition coefficient (Wildman–Crippen LogP) is 2.84. The van der Waals surface area contributed by atoms with Crippen molar-refractivity contribution >= 4 is 21.6 Å². The number of rotatable bonds is 2. The van der Waals surface area contributed by atoms with Crippen LogP contribution in [-0.2, 0) is 14.8 Å². The summed E-state index contributed by atoms with van der Waals surface area (Å²) in [6.07, 6.45) is -0.379. The number of nitrogens with one attached hydrogen (secondary N) is 1. The van der Waals surface area contributed by atoms with Gasteiger partial charge in [0, 0.05) is 13.1 Å². The van der Waals surface area contributed by atoms with Gasteiger partial charge in [0.2, 0.25) is 10.0 Å². The zero-order valence-electron chi connectivity index (χ0n) is 15.0. The SMILES string of the molecule is C[C@H]1CN(S(=O)(=O)c2ccc3c(c2)C(=O)Nc2ccccc2O3)C[C@H](C)O1. The quantitative estimate of drug-likeness (QED) is 0.855. The molecule has 8 heteroatoms. The molecule has 1 N–H and O–H groups in total. The van der Waals surface area contributed by atoms with Crippen LogP contribution in [0.3, 0.4) is 0 Å². The Morgan fingerprint density at radius 1 is 1.04 bits per heavy atom. The average molecular weight is 388 g/mol. The Bertz CT molecular complexity index is 995. The Morgan fingerprint density at radius 2 is 1.74 bits per heavy atom. The van der Waals surface area contributed by atoms with E-state index in [0.717, 1.165) is 0 Å². The number of morpholine rings is 1. The number of hydrogen-bond donors (Lipinski definition) is 1. The highest BCUT2D eigenvalue weighted by Crippen LogP contribution is 2.36. The molecule has 4 rings (SSSR count). The zero-order valence-corrected chi connectivity index (χ0v) is 15.8. The van der Waals surface area contributed by atoms with Crippen LogP contribution in [0, 0.1) is 0 Å². The van der Waals surface area contributed by atoms with Crippen molar-refractivity contribution in [2.24, 2.45) is 0 Å². The van der Waals surface area contributed by atoms with Crippen molar-refractivity contribution in [2.75, 3.05) is 18.4 Å². The van der Waals surface area contributed by atoms with Crippen LogP contribution in [0.2, 0.25) is 0 Å². The highest BCUT2D eigenvalue weighted by molar-refractivity contribution is 7.89. The standard InChI is InChI=1S/C19H20N2O5S/c1-12-10-21(11-13(2)25-12)27(23,24)14-7-8-17-15(9-14)19(22)20-16-5-3-4-6-18(16)26-17/h3-9,12-13H,10-11H2,1-2H3,(H,20,22)/t12-,13-/m0/s1. The summed E-state index contributed by atoms with van der Waals surface area (Å²) in [4.78, 5) is 12.7. The molecule has 0 aliphatic carbocycles. The average Bonchev–Trinajstić information content (AvgIpc) is 2.76. The first-order valence-electron chi connectivity index (χ1n) is 8.72. The van der Waals surface area contributed by atoms with Crippen LogP contribution < -0.4 is 10.1 Å². The van der Waals surface area contributed by atoms with Crippen molar-refractivity contribution in [1.82, 2.24) is 4.31 Å². The normalized spacial score (nSPS) is 22.8. The van der Waals surface area contributed by atoms with E-state index in [9.17, 15) is 13.2 Å². The molecule has 2 aromatic rings. The van der Waals surface area contributed by atoms with Gasteiger partial charge in [-0.2, -0.15) is 4.31 Å². The van der Waals surface area contributed by atoms with Crippen LogP contribution in [-0.4, -0.2) is 43.9 Å². The van der Waals surface area contributed by atoms with E-state index < -0.39 is 15.9 Å². The Balaban J connectivity index is 1.71. The third-order valence-electron chi connectivity index (χ3n) is 4.57. The molecule has 0 unspecified atom stereocenters. The third-order valence-corrected chi connectivity index (χ3v) is 6.40. The molecule has 0 bridgehead atoms. The molecule has 0 aromatic heterocycles. The number of para-hydroxylation sites is 2. The summed E-state index contributed by atoms with van der Waals surface area (Å²) in [5.41, 5.74) is 0.723. The molecule has 27 heavy (non-hydrogen) atoms. The van der Waals surface area contributed by atoms with E-state index in [4.69, 9.17) is 9.47 Å². The minimum absolute atomic E-state index is 0.0623. The van der Waals surface area contributed by atoms with Crippen molar-refractivity contribution in [2.45, 2.75) is 31.0 Å². The smallest absolute Gasteiger partial charge is 0.259 e. The fourth-order valence-electron chi connectivity index (χ4n) is 3.38. The van der Waals surface area contributed by atoms with E-state index in [2.05, 4.69) is 5.32 Å². The van der Waals surface area contributed by atoms with Crippen LogP contribution in [0.25, 0.3) is 0 Å². The summed E-state index contributed by atoms with van der Waals surface area (Å²) >= 11 is 0. The van der Waals surface area contributed by atoms with Crippen molar-refractivity contribution < 1.29 is 22.7 Å². The molecule has 0 radical (unpaired) electrons. The molecule has 2 aromatic carbocycles. The highest BCUT2D eigenvalue weighted by atomic mass is 32.2. The molecule has 2 heterocycles. The first kappa shape index (κ1) is 18.0. The first-order chi connectivity index (χ1) is 12.8. The lowest BCUT2D eigenvalue weighted by molar-refractivity contribution is -0.0440. The lowest BCUT2D eigenvalue weighted by Crippen LogP contribution is -2.48. The number of carbonyl (C=O) groups excluding carboxylic acids is 1. The second-order valence-corrected chi connectivity index (χ2v) is 8.73. The molecular formula is C19H20N2O5S. The van der Waals surface area contributed by atoms with Crippen molar-refractivity contribution in [1.29, 1.82) is 0 Å². The molecule has 1 saturated heterocycles. The molecule has 7 nitrogen and oxygen atoms in total. The maximum atomic E-state index is 13.1. The van der Waals surface area contributed by atoms with Crippen LogP contribution in [0.1, 0.15) is 24.2 Å². The fourth-order valence-corrected chi connectivity index (χ4v) is 5.00. The fraction of sp³-hybridized carbons (Fsp3) is 0.316. The number of ether oxygens (including phenoxy) is 2. The van der Waals surface area contributed by atoms with E-state index in [1.54, 1.807) is 24.3 Å². The molecule has 2 aliphatic heterocycles. The van der Waals surface area contributed by atoms with Gasteiger partial charge in [-0.05, 0) is 44.2 Å². The maximum absolute atomic E-state index is 13.1. The minimum atomic E-state index is -3.75. The lowest BCUT2D eigenvalue weighted by Gasteiger charge is -2.34. The molecule has 2 aliphatic rings. The number of carbonyl (C=O) groups is 1. The van der Waals surface area contributed by atoms with E-state index >= 15 is 0 Å². The Labute approximate surface area is 157 Å². The number of sulfonamides is 1.